The summed E-state index contributed by atoms with van der Waals surface area (Å²) < 4.78 is 24.6. The molecule has 0 radical (unpaired) electrons. The number of carbonyl (C=O) groups is 1. The first-order chi connectivity index (χ1) is 13.9. The largest absolute Gasteiger partial charge is 0.489 e. The Bertz CT molecular complexity index is 1140. The number of rotatable bonds is 4. The van der Waals surface area contributed by atoms with Gasteiger partial charge in [0.05, 0.1) is 15.6 Å². The summed E-state index contributed by atoms with van der Waals surface area (Å²) in [6.45, 7) is 2.10. The van der Waals surface area contributed by atoms with E-state index in [1.165, 1.54) is 12.1 Å². The molecular weight excluding hydrogens is 414 g/mol. The molecule has 0 unspecified atom stereocenters. The van der Waals surface area contributed by atoms with Gasteiger partial charge in [0.25, 0.3) is 0 Å². The summed E-state index contributed by atoms with van der Waals surface area (Å²) in [6.07, 6.45) is 1.63. The lowest BCUT2D eigenvalue weighted by Gasteiger charge is -2.09. The number of ketones is 1. The molecule has 29 heavy (non-hydrogen) atoms. The molecule has 0 aliphatic carbocycles. The second kappa shape index (κ2) is 7.90. The van der Waals surface area contributed by atoms with E-state index in [4.69, 9.17) is 32.7 Å². The summed E-state index contributed by atoms with van der Waals surface area (Å²) in [4.78, 5) is 12.8. The van der Waals surface area contributed by atoms with Gasteiger partial charge in [-0.05, 0) is 60.0 Å². The van der Waals surface area contributed by atoms with E-state index in [2.05, 4.69) is 0 Å². The van der Waals surface area contributed by atoms with Gasteiger partial charge in [0.1, 0.15) is 23.9 Å². The minimum absolute atomic E-state index is 0.200. The lowest BCUT2D eigenvalue weighted by molar-refractivity contribution is 0.101. The maximum atomic E-state index is 13.0. The maximum absolute atomic E-state index is 13.0. The van der Waals surface area contributed by atoms with Gasteiger partial charge in [-0.15, -0.1) is 0 Å². The van der Waals surface area contributed by atoms with Crippen LogP contribution < -0.4 is 9.47 Å². The molecule has 3 aromatic rings. The van der Waals surface area contributed by atoms with Gasteiger partial charge < -0.3 is 9.47 Å². The average Bonchev–Trinajstić information content (AvgIpc) is 3.00. The van der Waals surface area contributed by atoms with Crippen LogP contribution in [0.4, 0.5) is 4.39 Å². The van der Waals surface area contributed by atoms with Crippen LogP contribution in [0.3, 0.4) is 0 Å². The summed E-state index contributed by atoms with van der Waals surface area (Å²) >= 11 is 12.0. The van der Waals surface area contributed by atoms with Crippen LogP contribution in [-0.4, -0.2) is 5.78 Å². The summed E-state index contributed by atoms with van der Waals surface area (Å²) in [7, 11) is 0. The lowest BCUT2D eigenvalue weighted by atomic mass is 10.0. The van der Waals surface area contributed by atoms with Gasteiger partial charge >= 0.3 is 0 Å². The van der Waals surface area contributed by atoms with E-state index in [1.54, 1.807) is 48.5 Å². The number of halogens is 3. The summed E-state index contributed by atoms with van der Waals surface area (Å²) in [5.41, 5.74) is 2.80. The minimum Gasteiger partial charge on any atom is -0.489 e. The van der Waals surface area contributed by atoms with Crippen molar-refractivity contribution in [3.63, 3.8) is 0 Å². The first-order valence-corrected chi connectivity index (χ1v) is 9.57. The van der Waals surface area contributed by atoms with Crippen LogP contribution in [0.2, 0.25) is 10.0 Å². The Morgan fingerprint density at radius 2 is 1.79 bits per heavy atom. The first-order valence-electron chi connectivity index (χ1n) is 8.82. The predicted octanol–water partition coefficient (Wildman–Crippen LogP) is 6.64. The third kappa shape index (κ3) is 4.14. The van der Waals surface area contributed by atoms with Gasteiger partial charge in [-0.1, -0.05) is 41.4 Å². The van der Waals surface area contributed by atoms with E-state index in [0.29, 0.717) is 32.7 Å². The van der Waals surface area contributed by atoms with Gasteiger partial charge in [-0.25, -0.2) is 4.39 Å². The number of Topliss-reactive ketones (excluding diaryl/α,β-unsaturated/α-hetero) is 1. The third-order valence-corrected chi connectivity index (χ3v) is 5.24. The highest BCUT2D eigenvalue weighted by Crippen LogP contribution is 2.38. The fourth-order valence-electron chi connectivity index (χ4n) is 3.06. The van der Waals surface area contributed by atoms with E-state index >= 15 is 0 Å². The molecule has 0 atom stereocenters. The molecule has 4 rings (SSSR count). The number of hydrogen-bond acceptors (Lipinski definition) is 3. The molecule has 3 nitrogen and oxygen atoms in total. The maximum Gasteiger partial charge on any atom is 0.232 e. The Morgan fingerprint density at radius 3 is 2.52 bits per heavy atom. The normalized spacial score (nSPS) is 14.1. The lowest BCUT2D eigenvalue weighted by Crippen LogP contribution is -2.00. The quantitative estimate of drug-likeness (QED) is 0.437. The van der Waals surface area contributed by atoms with Crippen molar-refractivity contribution in [1.29, 1.82) is 0 Å². The monoisotopic (exact) mass is 428 g/mol. The molecule has 0 bridgehead atoms. The fraction of sp³-hybridized carbons (Fsp3) is 0.0870. The molecule has 0 N–H and O–H groups in total. The van der Waals surface area contributed by atoms with Crippen LogP contribution in [0.5, 0.6) is 11.5 Å². The van der Waals surface area contributed by atoms with Gasteiger partial charge in [0.2, 0.25) is 5.78 Å². The zero-order valence-corrected chi connectivity index (χ0v) is 16.9. The van der Waals surface area contributed by atoms with E-state index < -0.39 is 0 Å². The summed E-state index contributed by atoms with van der Waals surface area (Å²) in [6, 6.07) is 14.6. The minimum atomic E-state index is -0.296. The number of aryl methyl sites for hydroxylation is 1. The average molecular weight is 429 g/mol. The molecule has 1 aliphatic rings. The van der Waals surface area contributed by atoms with Crippen molar-refractivity contribution >= 4 is 35.1 Å². The number of allylic oxidation sites excluding steroid dienone is 1. The van der Waals surface area contributed by atoms with Crippen molar-refractivity contribution in [1.82, 2.24) is 0 Å². The van der Waals surface area contributed by atoms with Gasteiger partial charge in [-0.2, -0.15) is 0 Å². The second-order valence-corrected chi connectivity index (χ2v) is 7.46. The Hall–Kier alpha value is -2.82. The van der Waals surface area contributed by atoms with Crippen molar-refractivity contribution in [3.8, 4) is 11.5 Å². The fourth-order valence-corrected chi connectivity index (χ4v) is 3.37. The van der Waals surface area contributed by atoms with E-state index in [9.17, 15) is 9.18 Å². The van der Waals surface area contributed by atoms with E-state index in [0.717, 1.165) is 11.1 Å². The number of fused-ring (bicyclic) bond motifs is 1. The van der Waals surface area contributed by atoms with E-state index in [-0.39, 0.29) is 24.0 Å². The molecule has 0 aromatic heterocycles. The number of benzene rings is 3. The molecule has 0 saturated heterocycles. The van der Waals surface area contributed by atoms with Crippen LogP contribution in [-0.2, 0) is 6.61 Å². The molecule has 1 aliphatic heterocycles. The first kappa shape index (κ1) is 19.5. The molecule has 0 fully saturated rings. The van der Waals surface area contributed by atoms with Crippen LogP contribution in [0.15, 0.2) is 60.4 Å². The highest BCUT2D eigenvalue weighted by Gasteiger charge is 2.30. The van der Waals surface area contributed by atoms with Crippen molar-refractivity contribution < 1.29 is 18.7 Å². The molecular formula is C23H15Cl2FO3. The van der Waals surface area contributed by atoms with E-state index in [1.807, 2.05) is 6.92 Å². The van der Waals surface area contributed by atoms with Crippen LogP contribution >= 0.6 is 23.2 Å². The number of ether oxygens (including phenoxy) is 2. The molecule has 0 spiro atoms. The SMILES string of the molecule is Cc1cc(OCc2ccc(F)cc2)cc2c1C(=O)/C(=C/c1ccc(Cl)c(Cl)c1)O2. The van der Waals surface area contributed by atoms with Crippen LogP contribution in [0, 0.1) is 12.7 Å². The van der Waals surface area contributed by atoms with Crippen LogP contribution in [0.1, 0.15) is 27.0 Å². The molecule has 6 heteroatoms. The molecule has 146 valence electrons. The number of hydrogen-bond donors (Lipinski definition) is 0. The summed E-state index contributed by atoms with van der Waals surface area (Å²) in [5.74, 6) is 0.714. The Balaban J connectivity index is 1.56. The topological polar surface area (TPSA) is 35.5 Å². The van der Waals surface area contributed by atoms with Gasteiger partial charge in [0, 0.05) is 6.07 Å². The van der Waals surface area contributed by atoms with Gasteiger partial charge in [0.15, 0.2) is 5.76 Å². The molecule has 0 amide bonds. The second-order valence-electron chi connectivity index (χ2n) is 6.64. The highest BCUT2D eigenvalue weighted by molar-refractivity contribution is 6.42. The third-order valence-electron chi connectivity index (χ3n) is 4.50. The van der Waals surface area contributed by atoms with Crippen molar-refractivity contribution in [2.75, 3.05) is 0 Å². The van der Waals surface area contributed by atoms with Crippen molar-refractivity contribution in [3.05, 3.63) is 98.5 Å². The van der Waals surface area contributed by atoms with Crippen molar-refractivity contribution in [2.24, 2.45) is 0 Å². The predicted molar refractivity (Wildman–Crippen MR) is 111 cm³/mol. The highest BCUT2D eigenvalue weighted by atomic mass is 35.5. The Kier molecular flexibility index (Phi) is 5.31. The molecule has 1 heterocycles. The Morgan fingerprint density at radius 1 is 1.03 bits per heavy atom. The molecule has 3 aromatic carbocycles. The smallest absolute Gasteiger partial charge is 0.232 e. The standard InChI is InChI=1S/C23H15Cl2FO3/c1-13-8-17(28-12-14-2-5-16(26)6-3-14)11-20-22(13)23(27)21(29-20)10-15-4-7-18(24)19(25)9-15/h2-11H,12H2,1H3/b21-10-. The Labute approximate surface area is 177 Å². The van der Waals surface area contributed by atoms with Gasteiger partial charge in [-0.3, -0.25) is 4.79 Å². The zero-order valence-electron chi connectivity index (χ0n) is 15.3. The summed E-state index contributed by atoms with van der Waals surface area (Å²) in [5, 5.41) is 0.839. The van der Waals surface area contributed by atoms with Crippen LogP contribution in [0.25, 0.3) is 6.08 Å². The molecule has 0 saturated carbocycles. The number of carbonyl (C=O) groups excluding carboxylic acids is 1. The van der Waals surface area contributed by atoms with Crippen molar-refractivity contribution in [2.45, 2.75) is 13.5 Å². The zero-order chi connectivity index (χ0) is 20.5.